The highest BCUT2D eigenvalue weighted by Crippen LogP contribution is 2.21. The average molecular weight is 277 g/mol. The van der Waals surface area contributed by atoms with E-state index in [4.69, 9.17) is 4.74 Å². The van der Waals surface area contributed by atoms with Gasteiger partial charge in [-0.15, -0.1) is 0 Å². The van der Waals surface area contributed by atoms with Crippen LogP contribution in [0.4, 0.5) is 8.78 Å². The third-order valence-electron chi connectivity index (χ3n) is 3.20. The summed E-state index contributed by atoms with van der Waals surface area (Å²) in [5.74, 6) is -0.276. The van der Waals surface area contributed by atoms with E-state index in [0.717, 1.165) is 11.3 Å². The Morgan fingerprint density at radius 1 is 1.05 bits per heavy atom. The highest BCUT2D eigenvalue weighted by molar-refractivity contribution is 5.27. The lowest BCUT2D eigenvalue weighted by Gasteiger charge is -2.16. The summed E-state index contributed by atoms with van der Waals surface area (Å²) in [5.41, 5.74) is 1.09. The molecule has 0 spiro atoms. The molecule has 2 aromatic carbocycles. The first kappa shape index (κ1) is 14.5. The largest absolute Gasteiger partial charge is 0.497 e. The number of hydrogen-bond acceptors (Lipinski definition) is 2. The molecule has 106 valence electrons. The summed E-state index contributed by atoms with van der Waals surface area (Å²) in [4.78, 5) is 0. The number of rotatable bonds is 5. The summed E-state index contributed by atoms with van der Waals surface area (Å²) in [7, 11) is 1.61. The van der Waals surface area contributed by atoms with Crippen LogP contribution in [0.2, 0.25) is 0 Å². The highest BCUT2D eigenvalue weighted by Gasteiger charge is 2.15. The van der Waals surface area contributed by atoms with E-state index in [9.17, 15) is 8.78 Å². The van der Waals surface area contributed by atoms with Gasteiger partial charge in [-0.2, -0.15) is 0 Å². The Bertz CT molecular complexity index is 549. The van der Waals surface area contributed by atoms with Gasteiger partial charge in [-0.25, -0.2) is 8.78 Å². The third kappa shape index (κ3) is 3.33. The van der Waals surface area contributed by atoms with Crippen LogP contribution in [0, 0.1) is 11.6 Å². The van der Waals surface area contributed by atoms with Crippen LogP contribution in [0.15, 0.2) is 42.5 Å². The Morgan fingerprint density at radius 3 is 2.20 bits per heavy atom. The molecule has 0 aliphatic rings. The standard InChI is InChI=1S/C16H17F2NO/c1-11(16-14(17)4-3-5-15(16)18)19-10-12-6-8-13(20-2)9-7-12/h3-9,11,19H,10H2,1-2H3. The molecular formula is C16H17F2NO. The molecule has 0 radical (unpaired) electrons. The Morgan fingerprint density at radius 2 is 1.65 bits per heavy atom. The first-order valence-corrected chi connectivity index (χ1v) is 6.42. The summed E-state index contributed by atoms with van der Waals surface area (Å²) < 4.78 is 32.3. The molecule has 0 aromatic heterocycles. The number of nitrogens with one attached hydrogen (secondary N) is 1. The van der Waals surface area contributed by atoms with Crippen LogP contribution in [0.5, 0.6) is 5.75 Å². The summed E-state index contributed by atoms with van der Waals surface area (Å²) in [6, 6.07) is 11.0. The minimum absolute atomic E-state index is 0.0704. The van der Waals surface area contributed by atoms with Gasteiger partial charge in [0.2, 0.25) is 0 Å². The first-order valence-electron chi connectivity index (χ1n) is 6.42. The van der Waals surface area contributed by atoms with Crippen LogP contribution in [-0.2, 0) is 6.54 Å². The fourth-order valence-corrected chi connectivity index (χ4v) is 2.04. The lowest BCUT2D eigenvalue weighted by Crippen LogP contribution is -2.20. The summed E-state index contributed by atoms with van der Waals surface area (Å²) in [5, 5.41) is 3.11. The van der Waals surface area contributed by atoms with E-state index in [0.29, 0.717) is 6.54 Å². The fourth-order valence-electron chi connectivity index (χ4n) is 2.04. The molecule has 0 amide bonds. The van der Waals surface area contributed by atoms with E-state index in [1.165, 1.54) is 18.2 Å². The monoisotopic (exact) mass is 277 g/mol. The van der Waals surface area contributed by atoms with Crippen LogP contribution in [0.3, 0.4) is 0 Å². The second-order valence-corrected chi connectivity index (χ2v) is 4.59. The number of halogens is 2. The topological polar surface area (TPSA) is 21.3 Å². The Hall–Kier alpha value is -1.94. The number of hydrogen-bond donors (Lipinski definition) is 1. The smallest absolute Gasteiger partial charge is 0.130 e. The van der Waals surface area contributed by atoms with Crippen molar-refractivity contribution in [1.29, 1.82) is 0 Å². The average Bonchev–Trinajstić information content (AvgIpc) is 2.45. The van der Waals surface area contributed by atoms with Gasteiger partial charge in [-0.3, -0.25) is 0 Å². The molecule has 4 heteroatoms. The van der Waals surface area contributed by atoms with Crippen LogP contribution < -0.4 is 10.1 Å². The zero-order valence-electron chi connectivity index (χ0n) is 11.5. The van der Waals surface area contributed by atoms with Gasteiger partial charge in [0.05, 0.1) is 7.11 Å². The maximum atomic E-state index is 13.6. The quantitative estimate of drug-likeness (QED) is 0.897. The van der Waals surface area contributed by atoms with E-state index in [1.807, 2.05) is 24.3 Å². The predicted octanol–water partition coefficient (Wildman–Crippen LogP) is 3.82. The molecular weight excluding hydrogens is 260 g/mol. The molecule has 1 atom stereocenters. The van der Waals surface area contributed by atoms with Gasteiger partial charge in [-0.05, 0) is 36.8 Å². The number of benzene rings is 2. The Kier molecular flexibility index (Phi) is 4.69. The minimum Gasteiger partial charge on any atom is -0.497 e. The molecule has 1 N–H and O–H groups in total. The van der Waals surface area contributed by atoms with E-state index in [-0.39, 0.29) is 5.56 Å². The van der Waals surface area contributed by atoms with Gasteiger partial charge in [0.25, 0.3) is 0 Å². The lowest BCUT2D eigenvalue weighted by atomic mass is 10.1. The molecule has 0 heterocycles. The normalized spacial score (nSPS) is 12.2. The van der Waals surface area contributed by atoms with Crippen LogP contribution >= 0.6 is 0 Å². The van der Waals surface area contributed by atoms with Crippen molar-refractivity contribution in [3.63, 3.8) is 0 Å². The van der Waals surface area contributed by atoms with Crippen molar-refractivity contribution >= 4 is 0 Å². The van der Waals surface area contributed by atoms with E-state index < -0.39 is 17.7 Å². The van der Waals surface area contributed by atoms with Gasteiger partial charge in [0.1, 0.15) is 17.4 Å². The SMILES string of the molecule is COc1ccc(CNC(C)c2c(F)cccc2F)cc1. The van der Waals surface area contributed by atoms with Crippen LogP contribution in [-0.4, -0.2) is 7.11 Å². The fraction of sp³-hybridized carbons (Fsp3) is 0.250. The van der Waals surface area contributed by atoms with Crippen molar-refractivity contribution in [2.24, 2.45) is 0 Å². The zero-order chi connectivity index (χ0) is 14.5. The molecule has 0 aliphatic carbocycles. The van der Waals surface area contributed by atoms with Crippen LogP contribution in [0.25, 0.3) is 0 Å². The molecule has 20 heavy (non-hydrogen) atoms. The van der Waals surface area contributed by atoms with Gasteiger partial charge < -0.3 is 10.1 Å². The van der Waals surface area contributed by atoms with Crippen molar-refractivity contribution in [3.8, 4) is 5.75 Å². The summed E-state index contributed by atoms with van der Waals surface area (Å²) >= 11 is 0. The van der Waals surface area contributed by atoms with Crippen molar-refractivity contribution in [1.82, 2.24) is 5.32 Å². The molecule has 0 fully saturated rings. The zero-order valence-corrected chi connectivity index (χ0v) is 11.5. The molecule has 0 bridgehead atoms. The second-order valence-electron chi connectivity index (χ2n) is 4.59. The highest BCUT2D eigenvalue weighted by atomic mass is 19.1. The third-order valence-corrected chi connectivity index (χ3v) is 3.20. The lowest BCUT2D eigenvalue weighted by molar-refractivity contribution is 0.414. The molecule has 0 aliphatic heterocycles. The van der Waals surface area contributed by atoms with E-state index >= 15 is 0 Å². The molecule has 2 rings (SSSR count). The maximum absolute atomic E-state index is 13.6. The first-order chi connectivity index (χ1) is 9.61. The number of ether oxygens (including phenoxy) is 1. The van der Waals surface area contributed by atoms with Gasteiger partial charge >= 0.3 is 0 Å². The molecule has 0 saturated heterocycles. The van der Waals surface area contributed by atoms with E-state index in [1.54, 1.807) is 14.0 Å². The predicted molar refractivity (Wildman–Crippen MR) is 74.6 cm³/mol. The molecule has 2 nitrogen and oxygen atoms in total. The van der Waals surface area contributed by atoms with Crippen molar-refractivity contribution < 1.29 is 13.5 Å². The van der Waals surface area contributed by atoms with E-state index in [2.05, 4.69) is 5.32 Å². The number of methoxy groups -OCH3 is 1. The summed E-state index contributed by atoms with van der Waals surface area (Å²) in [6.07, 6.45) is 0. The maximum Gasteiger partial charge on any atom is 0.130 e. The molecule has 1 unspecified atom stereocenters. The minimum atomic E-state index is -0.528. The van der Waals surface area contributed by atoms with Gasteiger partial charge in [-0.1, -0.05) is 18.2 Å². The molecule has 2 aromatic rings. The van der Waals surface area contributed by atoms with Crippen molar-refractivity contribution in [2.45, 2.75) is 19.5 Å². The Balaban J connectivity index is 2.02. The van der Waals surface area contributed by atoms with Gasteiger partial charge in [0.15, 0.2) is 0 Å². The van der Waals surface area contributed by atoms with Crippen molar-refractivity contribution in [2.75, 3.05) is 7.11 Å². The molecule has 0 saturated carbocycles. The second kappa shape index (κ2) is 6.48. The van der Waals surface area contributed by atoms with Gasteiger partial charge in [0, 0.05) is 18.2 Å². The van der Waals surface area contributed by atoms with Crippen molar-refractivity contribution in [3.05, 3.63) is 65.2 Å². The van der Waals surface area contributed by atoms with Crippen LogP contribution in [0.1, 0.15) is 24.1 Å². The summed E-state index contributed by atoms with van der Waals surface area (Å²) in [6.45, 7) is 2.27. The Labute approximate surface area is 117 Å².